The normalized spacial score (nSPS) is 22.7. The minimum absolute atomic E-state index is 0.0874. The Balaban J connectivity index is 1.21. The Bertz CT molecular complexity index is 1340. The van der Waals surface area contributed by atoms with Gasteiger partial charge in [0.2, 0.25) is 5.91 Å². The van der Waals surface area contributed by atoms with Crippen LogP contribution < -0.4 is 11.1 Å². The van der Waals surface area contributed by atoms with Gasteiger partial charge in [-0.15, -0.1) is 0 Å². The maximum absolute atomic E-state index is 13.1. The number of morpholine rings is 1. The van der Waals surface area contributed by atoms with Crippen molar-refractivity contribution in [2.75, 3.05) is 51.3 Å². The van der Waals surface area contributed by atoms with Gasteiger partial charge in [-0.3, -0.25) is 9.59 Å². The molecule has 2 saturated heterocycles. The summed E-state index contributed by atoms with van der Waals surface area (Å²) < 4.78 is 6.46. The van der Waals surface area contributed by atoms with E-state index in [1.54, 1.807) is 0 Å². The lowest BCUT2D eigenvalue weighted by molar-refractivity contribution is -0.954. The van der Waals surface area contributed by atoms with Crippen LogP contribution in [0.15, 0.2) is 66.7 Å². The van der Waals surface area contributed by atoms with Gasteiger partial charge in [0, 0.05) is 43.6 Å². The molecule has 0 aliphatic carbocycles. The minimum Gasteiger partial charge on any atom is -0.378 e. The van der Waals surface area contributed by atoms with Gasteiger partial charge in [0.1, 0.15) is 0 Å². The third kappa shape index (κ3) is 6.80. The highest BCUT2D eigenvalue weighted by Crippen LogP contribution is 2.31. The van der Waals surface area contributed by atoms with Crippen LogP contribution in [-0.4, -0.2) is 79.2 Å². The summed E-state index contributed by atoms with van der Waals surface area (Å²) in [5, 5.41) is 5.29. The highest BCUT2D eigenvalue weighted by atomic mass is 16.5. The standard InChI is InChI=1S/C34H44N4O3/c1-3-17-38(18-13-28(14-19-38)32(35)34(40)37-15-20-41-21-16-37)25(2)22-26-7-6-10-31(23-26)36-33(39)30-12-11-27-8-4-5-9-29(27)24-30/h4-12,23-25,28,32H,3,13-22,35H2,1-2H3/p+1. The number of piperidine rings is 1. The zero-order valence-corrected chi connectivity index (χ0v) is 24.6. The molecule has 3 aromatic carbocycles. The molecule has 2 amide bonds. The number of nitrogens with one attached hydrogen (secondary N) is 1. The Morgan fingerprint density at radius 2 is 1.73 bits per heavy atom. The molecule has 2 atom stereocenters. The largest absolute Gasteiger partial charge is 0.378 e. The summed E-state index contributed by atoms with van der Waals surface area (Å²) in [5.74, 6) is 0.221. The van der Waals surface area contributed by atoms with Crippen molar-refractivity contribution in [2.24, 2.45) is 11.7 Å². The molecule has 0 radical (unpaired) electrons. The number of hydrogen-bond acceptors (Lipinski definition) is 4. The fourth-order valence-electron chi connectivity index (χ4n) is 6.83. The molecule has 2 fully saturated rings. The van der Waals surface area contributed by atoms with Crippen molar-refractivity contribution in [2.45, 2.75) is 51.6 Å². The van der Waals surface area contributed by atoms with Crippen LogP contribution in [0.2, 0.25) is 0 Å². The maximum atomic E-state index is 13.1. The summed E-state index contributed by atoms with van der Waals surface area (Å²) in [5.41, 5.74) is 9.24. The second-order valence-electron chi connectivity index (χ2n) is 12.0. The molecule has 2 heterocycles. The molecule has 3 N–H and O–H groups in total. The van der Waals surface area contributed by atoms with Gasteiger partial charge in [0.25, 0.3) is 5.91 Å². The molecule has 0 saturated carbocycles. The molecule has 2 aliphatic heterocycles. The molecule has 218 valence electrons. The second-order valence-corrected chi connectivity index (χ2v) is 12.0. The number of likely N-dealkylation sites (tertiary alicyclic amines) is 1. The molecule has 2 aliphatic rings. The summed E-state index contributed by atoms with van der Waals surface area (Å²) in [6.07, 6.45) is 4.01. The number of carbonyl (C=O) groups excluding carboxylic acids is 2. The number of nitrogens with zero attached hydrogens (tertiary/aromatic N) is 2. The van der Waals surface area contributed by atoms with E-state index in [-0.39, 0.29) is 17.7 Å². The zero-order valence-electron chi connectivity index (χ0n) is 24.6. The lowest BCUT2D eigenvalue weighted by Gasteiger charge is -2.49. The minimum atomic E-state index is -0.421. The van der Waals surface area contributed by atoms with E-state index in [2.05, 4.69) is 37.4 Å². The number of rotatable bonds is 9. The van der Waals surface area contributed by atoms with Gasteiger partial charge in [-0.2, -0.15) is 0 Å². The number of carbonyl (C=O) groups is 2. The SMILES string of the molecule is CCC[N+]1(C(C)Cc2cccc(NC(=O)c3ccc4ccccc4c3)c2)CCC(C(N)C(=O)N2CCOCC2)CC1. The molecule has 0 aromatic heterocycles. The topological polar surface area (TPSA) is 84.7 Å². The summed E-state index contributed by atoms with van der Waals surface area (Å²) in [6.45, 7) is 10.3. The van der Waals surface area contributed by atoms with E-state index in [1.165, 1.54) is 5.56 Å². The average molecular weight is 558 g/mol. The molecule has 41 heavy (non-hydrogen) atoms. The number of benzene rings is 3. The summed E-state index contributed by atoms with van der Waals surface area (Å²) >= 11 is 0. The van der Waals surface area contributed by atoms with Gasteiger partial charge < -0.3 is 25.2 Å². The predicted octanol–water partition coefficient (Wildman–Crippen LogP) is 4.85. The van der Waals surface area contributed by atoms with Crippen LogP contribution >= 0.6 is 0 Å². The molecule has 0 bridgehead atoms. The van der Waals surface area contributed by atoms with Crippen molar-refractivity contribution < 1.29 is 18.8 Å². The van der Waals surface area contributed by atoms with Gasteiger partial charge in [-0.05, 0) is 59.9 Å². The number of nitrogens with two attached hydrogens (primary N) is 1. The first-order chi connectivity index (χ1) is 19.9. The maximum Gasteiger partial charge on any atom is 0.255 e. The van der Waals surface area contributed by atoms with E-state index in [9.17, 15) is 9.59 Å². The summed E-state index contributed by atoms with van der Waals surface area (Å²) in [4.78, 5) is 28.0. The Labute approximate surface area is 244 Å². The third-order valence-corrected chi connectivity index (χ3v) is 9.34. The number of hydrogen-bond donors (Lipinski definition) is 2. The average Bonchev–Trinajstić information content (AvgIpc) is 3.01. The van der Waals surface area contributed by atoms with Gasteiger partial charge in [0.15, 0.2) is 0 Å². The van der Waals surface area contributed by atoms with Crippen LogP contribution in [0.25, 0.3) is 10.8 Å². The van der Waals surface area contributed by atoms with Gasteiger partial charge in [-0.1, -0.05) is 49.4 Å². The Morgan fingerprint density at radius 1 is 1.00 bits per heavy atom. The molecular formula is C34H45N4O3+. The molecule has 0 spiro atoms. The van der Waals surface area contributed by atoms with Gasteiger partial charge in [-0.25, -0.2) is 0 Å². The quantitative estimate of drug-likeness (QED) is 0.369. The van der Waals surface area contributed by atoms with Crippen molar-refractivity contribution in [3.63, 3.8) is 0 Å². The fourth-order valence-corrected chi connectivity index (χ4v) is 6.83. The zero-order chi connectivity index (χ0) is 28.8. The van der Waals surface area contributed by atoms with E-state index in [0.717, 1.165) is 66.3 Å². The molecule has 3 aromatic rings. The van der Waals surface area contributed by atoms with E-state index in [0.29, 0.717) is 37.9 Å². The van der Waals surface area contributed by atoms with Gasteiger partial charge >= 0.3 is 0 Å². The van der Waals surface area contributed by atoms with Crippen molar-refractivity contribution in [1.29, 1.82) is 0 Å². The molecule has 2 unspecified atom stereocenters. The number of quaternary nitrogens is 1. The van der Waals surface area contributed by atoms with Crippen molar-refractivity contribution >= 4 is 28.3 Å². The number of ether oxygens (including phenoxy) is 1. The van der Waals surface area contributed by atoms with E-state index in [1.807, 2.05) is 53.4 Å². The first kappa shape index (κ1) is 29.2. The fraction of sp³-hybridized carbons (Fsp3) is 0.471. The summed E-state index contributed by atoms with van der Waals surface area (Å²) in [6, 6.07) is 22.2. The van der Waals surface area contributed by atoms with E-state index in [4.69, 9.17) is 10.5 Å². The first-order valence-electron chi connectivity index (χ1n) is 15.3. The highest BCUT2D eigenvalue weighted by Gasteiger charge is 2.41. The highest BCUT2D eigenvalue weighted by molar-refractivity contribution is 6.06. The van der Waals surface area contributed by atoms with Crippen LogP contribution in [0.5, 0.6) is 0 Å². The monoisotopic (exact) mass is 557 g/mol. The van der Waals surface area contributed by atoms with Crippen molar-refractivity contribution in [3.05, 3.63) is 77.9 Å². The molecule has 7 heteroatoms. The Kier molecular flexibility index (Phi) is 9.38. The van der Waals surface area contributed by atoms with Crippen LogP contribution in [-0.2, 0) is 16.0 Å². The third-order valence-electron chi connectivity index (χ3n) is 9.34. The smallest absolute Gasteiger partial charge is 0.255 e. The second kappa shape index (κ2) is 13.1. The first-order valence-corrected chi connectivity index (χ1v) is 15.3. The number of anilines is 1. The summed E-state index contributed by atoms with van der Waals surface area (Å²) in [7, 11) is 0. The van der Waals surface area contributed by atoms with Crippen LogP contribution in [0, 0.1) is 5.92 Å². The van der Waals surface area contributed by atoms with Crippen molar-refractivity contribution in [3.8, 4) is 0 Å². The van der Waals surface area contributed by atoms with Crippen molar-refractivity contribution in [1.82, 2.24) is 4.90 Å². The number of fused-ring (bicyclic) bond motifs is 1. The van der Waals surface area contributed by atoms with E-state index >= 15 is 0 Å². The van der Waals surface area contributed by atoms with Crippen LogP contribution in [0.3, 0.4) is 0 Å². The van der Waals surface area contributed by atoms with Crippen LogP contribution in [0.1, 0.15) is 49.0 Å². The lowest BCUT2D eigenvalue weighted by Crippen LogP contribution is -2.61. The molecule has 7 nitrogen and oxygen atoms in total. The molecular weight excluding hydrogens is 512 g/mol. The lowest BCUT2D eigenvalue weighted by atomic mass is 9.86. The van der Waals surface area contributed by atoms with Crippen LogP contribution in [0.4, 0.5) is 5.69 Å². The predicted molar refractivity (Wildman–Crippen MR) is 165 cm³/mol. The molecule has 5 rings (SSSR count). The van der Waals surface area contributed by atoms with Gasteiger partial charge in [0.05, 0.1) is 44.9 Å². The Morgan fingerprint density at radius 3 is 2.46 bits per heavy atom. The van der Waals surface area contributed by atoms with E-state index < -0.39 is 6.04 Å². The number of amides is 2. The Hall–Kier alpha value is -3.26.